The van der Waals surface area contributed by atoms with E-state index in [4.69, 9.17) is 9.47 Å². The predicted octanol–water partition coefficient (Wildman–Crippen LogP) is 3.32. The van der Waals surface area contributed by atoms with E-state index in [-0.39, 0.29) is 23.5 Å². The Bertz CT molecular complexity index is 977. The minimum Gasteiger partial charge on any atom is -0.506 e. The molecular formula is C20H20N2O6S. The molecular weight excluding hydrogens is 396 g/mol. The van der Waals surface area contributed by atoms with Crippen LogP contribution in [0.2, 0.25) is 0 Å². The molecule has 1 atom stereocenters. The van der Waals surface area contributed by atoms with Crippen molar-refractivity contribution in [2.75, 3.05) is 24.4 Å². The zero-order chi connectivity index (χ0) is 21.1. The van der Waals surface area contributed by atoms with Crippen molar-refractivity contribution in [2.24, 2.45) is 0 Å². The average molecular weight is 416 g/mol. The van der Waals surface area contributed by atoms with Gasteiger partial charge in [0.05, 0.1) is 25.6 Å². The Morgan fingerprint density at radius 2 is 1.93 bits per heavy atom. The number of thioether (sulfide) groups is 1. The lowest BCUT2D eigenvalue weighted by Gasteiger charge is -2.18. The molecule has 0 bridgehead atoms. The maximum absolute atomic E-state index is 12.8. The Kier molecular flexibility index (Phi) is 5.97. The van der Waals surface area contributed by atoms with E-state index < -0.39 is 22.3 Å². The van der Waals surface area contributed by atoms with Crippen molar-refractivity contribution < 1.29 is 29.0 Å². The Morgan fingerprint density at radius 3 is 2.62 bits per heavy atom. The fraction of sp³-hybridized carbons (Fsp3) is 0.250. The van der Waals surface area contributed by atoms with Crippen LogP contribution >= 0.6 is 11.8 Å². The number of aromatic hydroxyl groups is 1. The molecule has 2 aromatic rings. The smallest absolute Gasteiger partial charge is 0.293 e. The lowest BCUT2D eigenvalue weighted by Crippen LogP contribution is -2.33. The van der Waals surface area contributed by atoms with Gasteiger partial charge >= 0.3 is 0 Å². The van der Waals surface area contributed by atoms with Crippen LogP contribution in [-0.2, 0) is 9.59 Å². The van der Waals surface area contributed by atoms with Gasteiger partial charge in [-0.25, -0.2) is 4.90 Å². The Labute approximate surface area is 171 Å². The Morgan fingerprint density at radius 1 is 1.17 bits per heavy atom. The fourth-order valence-corrected chi connectivity index (χ4v) is 3.87. The largest absolute Gasteiger partial charge is 0.506 e. The number of methoxy groups -OCH3 is 2. The van der Waals surface area contributed by atoms with E-state index in [9.17, 15) is 19.5 Å². The molecule has 8 nitrogen and oxygen atoms in total. The van der Waals surface area contributed by atoms with Crippen LogP contribution in [0.5, 0.6) is 17.2 Å². The van der Waals surface area contributed by atoms with E-state index in [1.807, 2.05) is 6.92 Å². The number of nitrogens with zero attached hydrogens (tertiary/aromatic N) is 1. The number of rotatable bonds is 6. The molecule has 0 spiro atoms. The van der Waals surface area contributed by atoms with Crippen molar-refractivity contribution >= 4 is 40.2 Å². The molecule has 0 aliphatic carbocycles. The van der Waals surface area contributed by atoms with Crippen LogP contribution in [0, 0.1) is 6.92 Å². The summed E-state index contributed by atoms with van der Waals surface area (Å²) in [4.78, 5) is 38.7. The summed E-state index contributed by atoms with van der Waals surface area (Å²) in [6, 6.07) is 9.55. The molecule has 1 aliphatic heterocycles. The number of phenolic OH excluding ortho intramolecular Hbond substituents is 1. The van der Waals surface area contributed by atoms with Gasteiger partial charge in [0.1, 0.15) is 22.5 Å². The number of amides is 3. The number of nitrogens with one attached hydrogen (secondary N) is 1. The third-order valence-corrected chi connectivity index (χ3v) is 5.38. The third kappa shape index (κ3) is 4.29. The minimum atomic E-state index is -0.874. The molecule has 1 aliphatic rings. The van der Waals surface area contributed by atoms with Gasteiger partial charge in [0.15, 0.2) is 0 Å². The zero-order valence-electron chi connectivity index (χ0n) is 16.1. The SMILES string of the molecule is COc1ccc(N2C(=O)SC(CC(=O)Nc3cc(C)ccc3O)C2=O)c(OC)c1. The number of anilines is 2. The summed E-state index contributed by atoms with van der Waals surface area (Å²) in [5.74, 6) is -0.233. The molecule has 0 aromatic heterocycles. The molecule has 9 heteroatoms. The van der Waals surface area contributed by atoms with Crippen molar-refractivity contribution in [1.29, 1.82) is 0 Å². The van der Waals surface area contributed by atoms with E-state index in [2.05, 4.69) is 5.32 Å². The minimum absolute atomic E-state index is 0.0741. The highest BCUT2D eigenvalue weighted by atomic mass is 32.2. The van der Waals surface area contributed by atoms with Gasteiger partial charge in [-0.1, -0.05) is 6.07 Å². The molecule has 2 N–H and O–H groups in total. The van der Waals surface area contributed by atoms with Gasteiger partial charge in [0, 0.05) is 12.5 Å². The molecule has 1 heterocycles. The number of ether oxygens (including phenoxy) is 2. The quantitative estimate of drug-likeness (QED) is 0.696. The van der Waals surface area contributed by atoms with E-state index >= 15 is 0 Å². The topological polar surface area (TPSA) is 105 Å². The van der Waals surface area contributed by atoms with Crippen molar-refractivity contribution in [2.45, 2.75) is 18.6 Å². The van der Waals surface area contributed by atoms with Gasteiger partial charge in [0.2, 0.25) is 11.8 Å². The van der Waals surface area contributed by atoms with Crippen molar-refractivity contribution in [3.8, 4) is 17.2 Å². The van der Waals surface area contributed by atoms with Crippen LogP contribution in [0.1, 0.15) is 12.0 Å². The Balaban J connectivity index is 1.75. The summed E-state index contributed by atoms with van der Waals surface area (Å²) in [6.07, 6.45) is -0.211. The summed E-state index contributed by atoms with van der Waals surface area (Å²) in [5, 5.41) is 11.1. The summed E-state index contributed by atoms with van der Waals surface area (Å²) in [5.41, 5.74) is 1.40. The summed E-state index contributed by atoms with van der Waals surface area (Å²) < 4.78 is 10.4. The van der Waals surface area contributed by atoms with Gasteiger partial charge in [-0.05, 0) is 48.5 Å². The van der Waals surface area contributed by atoms with E-state index in [1.165, 1.54) is 20.3 Å². The lowest BCUT2D eigenvalue weighted by atomic mass is 10.2. The van der Waals surface area contributed by atoms with Crippen LogP contribution in [0.3, 0.4) is 0 Å². The van der Waals surface area contributed by atoms with E-state index in [0.29, 0.717) is 11.5 Å². The number of phenols is 1. The highest BCUT2D eigenvalue weighted by Crippen LogP contribution is 2.39. The second-order valence-corrected chi connectivity index (χ2v) is 7.51. The number of carbonyl (C=O) groups is 3. The molecule has 152 valence electrons. The summed E-state index contributed by atoms with van der Waals surface area (Å²) >= 11 is 0.779. The van der Waals surface area contributed by atoms with Crippen molar-refractivity contribution in [1.82, 2.24) is 0 Å². The van der Waals surface area contributed by atoms with E-state index in [0.717, 1.165) is 22.2 Å². The van der Waals surface area contributed by atoms with Gasteiger partial charge in [-0.2, -0.15) is 0 Å². The first-order chi connectivity index (χ1) is 13.8. The molecule has 1 unspecified atom stereocenters. The first-order valence-corrected chi connectivity index (χ1v) is 9.58. The van der Waals surface area contributed by atoms with Gasteiger partial charge in [0.25, 0.3) is 5.24 Å². The molecule has 29 heavy (non-hydrogen) atoms. The molecule has 2 aromatic carbocycles. The second kappa shape index (κ2) is 8.44. The number of aryl methyl sites for hydroxylation is 1. The molecule has 1 saturated heterocycles. The lowest BCUT2D eigenvalue weighted by molar-refractivity contribution is -0.121. The molecule has 3 amide bonds. The van der Waals surface area contributed by atoms with Crippen LogP contribution in [0.4, 0.5) is 16.2 Å². The van der Waals surface area contributed by atoms with Crippen molar-refractivity contribution in [3.63, 3.8) is 0 Å². The monoisotopic (exact) mass is 416 g/mol. The van der Waals surface area contributed by atoms with Crippen LogP contribution in [0.25, 0.3) is 0 Å². The predicted molar refractivity (Wildman–Crippen MR) is 110 cm³/mol. The number of hydrogen-bond donors (Lipinski definition) is 2. The normalized spacial score (nSPS) is 16.1. The van der Waals surface area contributed by atoms with Gasteiger partial charge < -0.3 is 19.9 Å². The number of imide groups is 1. The third-order valence-electron chi connectivity index (χ3n) is 4.35. The molecule has 3 rings (SSSR count). The first kappa shape index (κ1) is 20.5. The van der Waals surface area contributed by atoms with Crippen LogP contribution in [-0.4, -0.2) is 41.6 Å². The number of hydrogen-bond acceptors (Lipinski definition) is 7. The number of carbonyl (C=O) groups excluding carboxylic acids is 3. The van der Waals surface area contributed by atoms with Gasteiger partial charge in [-0.15, -0.1) is 0 Å². The highest BCUT2D eigenvalue weighted by Gasteiger charge is 2.42. The molecule has 1 fully saturated rings. The fourth-order valence-electron chi connectivity index (χ4n) is 2.89. The molecule has 0 saturated carbocycles. The summed E-state index contributed by atoms with van der Waals surface area (Å²) in [6.45, 7) is 1.82. The van der Waals surface area contributed by atoms with E-state index in [1.54, 1.807) is 30.3 Å². The van der Waals surface area contributed by atoms with Crippen molar-refractivity contribution in [3.05, 3.63) is 42.0 Å². The van der Waals surface area contributed by atoms with Crippen LogP contribution in [0.15, 0.2) is 36.4 Å². The Hall–Kier alpha value is -3.20. The second-order valence-electron chi connectivity index (χ2n) is 6.36. The first-order valence-electron chi connectivity index (χ1n) is 8.70. The average Bonchev–Trinajstić information content (AvgIpc) is 2.97. The van der Waals surface area contributed by atoms with Crippen LogP contribution < -0.4 is 19.7 Å². The van der Waals surface area contributed by atoms with Gasteiger partial charge in [-0.3, -0.25) is 14.4 Å². The molecule has 0 radical (unpaired) electrons. The number of benzene rings is 2. The zero-order valence-corrected chi connectivity index (χ0v) is 16.9. The highest BCUT2D eigenvalue weighted by molar-refractivity contribution is 8.15. The maximum atomic E-state index is 12.8. The standard InChI is InChI=1S/C20H20N2O6S/c1-11-4-7-15(23)13(8-11)21-18(24)10-17-19(25)22(20(26)29-17)14-6-5-12(27-2)9-16(14)28-3/h4-9,17,23H,10H2,1-3H3,(H,21,24). The maximum Gasteiger partial charge on any atom is 0.293 e. The summed E-state index contributed by atoms with van der Waals surface area (Å²) in [7, 11) is 2.92.